The van der Waals surface area contributed by atoms with E-state index in [0.29, 0.717) is 0 Å². The van der Waals surface area contributed by atoms with Crippen LogP contribution in [0.3, 0.4) is 0 Å². The van der Waals surface area contributed by atoms with Crippen molar-refractivity contribution >= 4 is 7.60 Å². The zero-order valence-corrected chi connectivity index (χ0v) is 9.50. The summed E-state index contributed by atoms with van der Waals surface area (Å²) in [5, 5.41) is 9.14. The van der Waals surface area contributed by atoms with Gasteiger partial charge in [0.05, 0.1) is 24.8 Å². The summed E-state index contributed by atoms with van der Waals surface area (Å²) in [6.45, 7) is 7.47. The van der Waals surface area contributed by atoms with Crippen molar-refractivity contribution in [3.8, 4) is 0 Å². The first kappa shape index (κ1) is 13.4. The molecule has 0 unspecified atom stereocenters. The molecular weight excluding hydrogens is 203 g/mol. The number of allylic oxidation sites excluding steroid dienone is 2. The van der Waals surface area contributed by atoms with Crippen LogP contribution >= 0.6 is 7.60 Å². The molecule has 0 aromatic carbocycles. The molecule has 0 aliphatic heterocycles. The Bertz CT molecular complexity index is 237. The highest BCUT2D eigenvalue weighted by atomic mass is 31.2. The van der Waals surface area contributed by atoms with Crippen LogP contribution in [0, 0.1) is 0 Å². The Morgan fingerprint density at radius 1 is 1.43 bits per heavy atom. The molecule has 0 saturated carbocycles. The predicted molar refractivity (Wildman–Crippen MR) is 56.4 cm³/mol. The predicted octanol–water partition coefficient (Wildman–Crippen LogP) is 3.23. The molecule has 4 nitrogen and oxygen atoms in total. The average Bonchev–Trinajstić information content (AvgIpc) is 2.14. The van der Waals surface area contributed by atoms with Crippen LogP contribution in [0.1, 0.15) is 20.3 Å². The van der Waals surface area contributed by atoms with Gasteiger partial charge in [-0.1, -0.05) is 6.08 Å². The summed E-state index contributed by atoms with van der Waals surface area (Å²) in [7, 11) is -3.31. The van der Waals surface area contributed by atoms with Crippen LogP contribution in [0.4, 0.5) is 0 Å². The van der Waals surface area contributed by atoms with Crippen LogP contribution in [0.25, 0.3) is 0 Å². The summed E-state index contributed by atoms with van der Waals surface area (Å²) in [4.78, 5) is 0. The molecule has 1 N–H and O–H groups in total. The molecule has 0 bridgehead atoms. The van der Waals surface area contributed by atoms with Gasteiger partial charge in [0.25, 0.3) is 0 Å². The quantitative estimate of drug-likeness (QED) is 0.406. The van der Waals surface area contributed by atoms with Gasteiger partial charge in [-0.15, -0.1) is 6.58 Å². The van der Waals surface area contributed by atoms with E-state index in [0.717, 1.165) is 6.26 Å². The van der Waals surface area contributed by atoms with Crippen molar-refractivity contribution in [1.29, 1.82) is 0 Å². The number of hydrogen-bond donors (Lipinski definition) is 1. The first-order valence-corrected chi connectivity index (χ1v) is 6.02. The lowest BCUT2D eigenvalue weighted by atomic mass is 10.4. The third-order valence-electron chi connectivity index (χ3n) is 1.45. The molecule has 0 saturated heterocycles. The van der Waals surface area contributed by atoms with E-state index in [4.69, 9.17) is 14.2 Å². The Labute approximate surface area is 84.8 Å². The molecule has 0 fully saturated rings. The Balaban J connectivity index is 4.76. The molecule has 0 aliphatic carbocycles. The van der Waals surface area contributed by atoms with E-state index >= 15 is 0 Å². The third-order valence-corrected chi connectivity index (χ3v) is 3.65. The fraction of sp³-hybridized carbons (Fsp3) is 0.556. The highest BCUT2D eigenvalue weighted by Gasteiger charge is 2.28. The summed E-state index contributed by atoms with van der Waals surface area (Å²) in [5.41, 5.74) is 0. The molecule has 0 aromatic rings. The second kappa shape index (κ2) is 6.82. The van der Waals surface area contributed by atoms with Gasteiger partial charge >= 0.3 is 7.60 Å². The minimum absolute atomic E-state index is 0.233. The van der Waals surface area contributed by atoms with Crippen molar-refractivity contribution in [3.63, 3.8) is 0 Å². The summed E-state index contributed by atoms with van der Waals surface area (Å²) in [6.07, 6.45) is 2.59. The van der Waals surface area contributed by atoms with Crippen LogP contribution < -0.4 is 0 Å². The maximum Gasteiger partial charge on any atom is 0.360 e. The fourth-order valence-electron chi connectivity index (χ4n) is 0.926. The molecule has 0 aromatic heterocycles. The Kier molecular flexibility index (Phi) is 6.54. The van der Waals surface area contributed by atoms with E-state index in [1.807, 2.05) is 0 Å². The maximum absolute atomic E-state index is 12.0. The molecule has 0 amide bonds. The van der Waals surface area contributed by atoms with Crippen molar-refractivity contribution in [2.75, 3.05) is 13.2 Å². The zero-order chi connectivity index (χ0) is 11.0. The molecule has 0 rings (SSSR count). The molecule has 14 heavy (non-hydrogen) atoms. The number of aliphatic hydroxyl groups excluding tert-OH is 1. The summed E-state index contributed by atoms with van der Waals surface area (Å²) >= 11 is 0. The average molecular weight is 220 g/mol. The van der Waals surface area contributed by atoms with Gasteiger partial charge in [0.1, 0.15) is 0 Å². The van der Waals surface area contributed by atoms with E-state index in [1.54, 1.807) is 13.8 Å². The fourth-order valence-corrected chi connectivity index (χ4v) is 2.51. The number of aliphatic hydroxyl groups is 1. The molecular formula is C9H17O4P. The van der Waals surface area contributed by atoms with Crippen molar-refractivity contribution in [2.45, 2.75) is 20.3 Å². The molecule has 5 heteroatoms. The Morgan fingerprint density at radius 3 is 2.21 bits per heavy atom. The van der Waals surface area contributed by atoms with Gasteiger partial charge in [0, 0.05) is 6.42 Å². The molecule has 0 spiro atoms. The van der Waals surface area contributed by atoms with Gasteiger partial charge in [-0.05, 0) is 13.8 Å². The molecule has 82 valence electrons. The van der Waals surface area contributed by atoms with Crippen molar-refractivity contribution in [3.05, 3.63) is 24.2 Å². The first-order chi connectivity index (χ1) is 6.64. The van der Waals surface area contributed by atoms with Crippen LogP contribution in [-0.2, 0) is 13.6 Å². The van der Waals surface area contributed by atoms with Gasteiger partial charge < -0.3 is 14.2 Å². The van der Waals surface area contributed by atoms with Gasteiger partial charge in [0.2, 0.25) is 0 Å². The van der Waals surface area contributed by atoms with Crippen molar-refractivity contribution < 1.29 is 18.7 Å². The van der Waals surface area contributed by atoms with Crippen molar-refractivity contribution in [1.82, 2.24) is 0 Å². The lowest BCUT2D eigenvalue weighted by Gasteiger charge is -2.18. The lowest BCUT2D eigenvalue weighted by molar-refractivity contribution is 0.225. The van der Waals surface area contributed by atoms with Crippen molar-refractivity contribution in [2.24, 2.45) is 0 Å². The maximum atomic E-state index is 12.0. The second-order valence-corrected chi connectivity index (χ2v) is 4.53. The minimum Gasteiger partial charge on any atom is -0.515 e. The molecule has 0 heterocycles. The van der Waals surface area contributed by atoms with E-state index in [9.17, 15) is 4.57 Å². The van der Waals surface area contributed by atoms with E-state index in [1.165, 1.54) is 6.08 Å². The van der Waals surface area contributed by atoms with Crippen LogP contribution in [0.5, 0.6) is 0 Å². The highest BCUT2D eigenvalue weighted by Crippen LogP contribution is 2.57. The van der Waals surface area contributed by atoms with Gasteiger partial charge in [-0.2, -0.15) is 0 Å². The minimum atomic E-state index is -3.31. The number of hydrogen-bond acceptors (Lipinski definition) is 4. The standard InChI is InChI=1S/C9H17O4P/c1-4-7-9(8-10)14(11,12-5-2)13-6-3/h4,8,10H,1,5-7H2,2-3H3/b9-8+. The molecule has 0 atom stereocenters. The highest BCUT2D eigenvalue weighted by molar-refractivity contribution is 7.58. The van der Waals surface area contributed by atoms with E-state index in [2.05, 4.69) is 6.58 Å². The SMILES string of the molecule is C=CC/C(=C\O)P(=O)(OCC)OCC. The van der Waals surface area contributed by atoms with Gasteiger partial charge in [-0.3, -0.25) is 4.57 Å². The monoisotopic (exact) mass is 220 g/mol. The third kappa shape index (κ3) is 3.66. The smallest absolute Gasteiger partial charge is 0.360 e. The molecule has 0 radical (unpaired) electrons. The largest absolute Gasteiger partial charge is 0.515 e. The van der Waals surface area contributed by atoms with E-state index in [-0.39, 0.29) is 24.9 Å². The lowest BCUT2D eigenvalue weighted by Crippen LogP contribution is -1.98. The van der Waals surface area contributed by atoms with Gasteiger partial charge in [0.15, 0.2) is 0 Å². The normalized spacial score (nSPS) is 12.9. The zero-order valence-electron chi connectivity index (χ0n) is 8.60. The summed E-state index contributed by atoms with van der Waals surface area (Å²) < 4.78 is 22.1. The van der Waals surface area contributed by atoms with Gasteiger partial charge in [-0.25, -0.2) is 0 Å². The summed E-state index contributed by atoms with van der Waals surface area (Å²) in [5.74, 6) is 0. The van der Waals surface area contributed by atoms with Crippen LogP contribution in [0.2, 0.25) is 0 Å². The van der Waals surface area contributed by atoms with E-state index < -0.39 is 7.60 Å². The first-order valence-electron chi connectivity index (χ1n) is 4.48. The van der Waals surface area contributed by atoms with Crippen LogP contribution in [0.15, 0.2) is 24.2 Å². The molecule has 0 aliphatic rings. The Hall–Kier alpha value is -0.570. The van der Waals surface area contributed by atoms with Crippen LogP contribution in [-0.4, -0.2) is 18.3 Å². The second-order valence-electron chi connectivity index (χ2n) is 2.45. The Morgan fingerprint density at radius 2 is 1.93 bits per heavy atom. The summed E-state index contributed by atoms with van der Waals surface area (Å²) in [6, 6.07) is 0. The topological polar surface area (TPSA) is 55.8 Å². The number of rotatable bonds is 7.